The minimum Gasteiger partial charge on any atom is -0.469 e. The second-order valence-corrected chi connectivity index (χ2v) is 8.73. The number of benzene rings is 2. The maximum atomic E-state index is 13.1. The van der Waals surface area contributed by atoms with Gasteiger partial charge in [0.05, 0.1) is 24.1 Å². The van der Waals surface area contributed by atoms with Crippen molar-refractivity contribution in [2.45, 2.75) is 44.9 Å². The number of aromatic nitrogens is 1. The van der Waals surface area contributed by atoms with Crippen LogP contribution in [0.5, 0.6) is 0 Å². The van der Waals surface area contributed by atoms with E-state index >= 15 is 0 Å². The van der Waals surface area contributed by atoms with Crippen LogP contribution in [0.2, 0.25) is 0 Å². The van der Waals surface area contributed by atoms with E-state index in [1.807, 2.05) is 0 Å². The lowest BCUT2D eigenvalue weighted by Gasteiger charge is -2.19. The number of hydrogen-bond acceptors (Lipinski definition) is 5. The summed E-state index contributed by atoms with van der Waals surface area (Å²) in [5, 5.41) is 0.514. The predicted octanol–water partition coefficient (Wildman–Crippen LogP) is 5.97. The summed E-state index contributed by atoms with van der Waals surface area (Å²) in [5.41, 5.74) is -1.14. The Kier molecular flexibility index (Phi) is 6.86. The van der Waals surface area contributed by atoms with Crippen molar-refractivity contribution in [2.75, 3.05) is 7.11 Å². The fraction of sp³-hybridized carbons (Fsp3) is 0.320. The highest BCUT2D eigenvalue weighted by molar-refractivity contribution is 6.02. The Labute approximate surface area is 194 Å². The summed E-state index contributed by atoms with van der Waals surface area (Å²) in [5.74, 6) is -2.58. The third-order valence-corrected chi connectivity index (χ3v) is 5.10. The van der Waals surface area contributed by atoms with Crippen LogP contribution in [0.3, 0.4) is 0 Å². The second kappa shape index (κ2) is 9.32. The van der Waals surface area contributed by atoms with Gasteiger partial charge in [0.25, 0.3) is 0 Å². The first kappa shape index (κ1) is 25.0. The summed E-state index contributed by atoms with van der Waals surface area (Å²) in [4.78, 5) is 38.4. The molecule has 0 aliphatic heterocycles. The number of halogens is 3. The smallest absolute Gasteiger partial charge is 0.419 e. The maximum absolute atomic E-state index is 13.1. The van der Waals surface area contributed by atoms with Gasteiger partial charge >= 0.3 is 18.2 Å². The molecule has 0 N–H and O–H groups in total. The monoisotopic (exact) mass is 475 g/mol. The lowest BCUT2D eigenvalue weighted by atomic mass is 9.91. The minimum atomic E-state index is -4.61. The van der Waals surface area contributed by atoms with Crippen molar-refractivity contribution in [1.29, 1.82) is 0 Å². The molecule has 0 saturated carbocycles. The zero-order valence-corrected chi connectivity index (χ0v) is 19.1. The number of carbonyl (C=O) groups excluding carboxylic acids is 3. The van der Waals surface area contributed by atoms with E-state index < -0.39 is 47.5 Å². The van der Waals surface area contributed by atoms with E-state index in [1.54, 1.807) is 45.0 Å². The van der Waals surface area contributed by atoms with Gasteiger partial charge in [-0.2, -0.15) is 13.2 Å². The highest BCUT2D eigenvalue weighted by atomic mass is 19.4. The molecule has 1 heterocycles. The molecule has 180 valence electrons. The number of fused-ring (bicyclic) bond motifs is 1. The zero-order valence-electron chi connectivity index (χ0n) is 19.1. The first-order valence-corrected chi connectivity index (χ1v) is 10.4. The third-order valence-electron chi connectivity index (χ3n) is 5.10. The molecule has 1 unspecified atom stereocenters. The average Bonchev–Trinajstić information content (AvgIpc) is 3.15. The Morgan fingerprint density at radius 3 is 2.29 bits per heavy atom. The molecule has 2 aromatic carbocycles. The molecule has 0 saturated heterocycles. The largest absolute Gasteiger partial charge is 0.469 e. The molecule has 0 aliphatic carbocycles. The molecule has 0 bridgehead atoms. The fourth-order valence-electron chi connectivity index (χ4n) is 3.58. The van der Waals surface area contributed by atoms with Crippen LogP contribution < -0.4 is 0 Å². The Bertz CT molecular complexity index is 1240. The fourth-order valence-corrected chi connectivity index (χ4v) is 3.58. The van der Waals surface area contributed by atoms with E-state index in [9.17, 15) is 27.6 Å². The van der Waals surface area contributed by atoms with Crippen molar-refractivity contribution >= 4 is 28.7 Å². The van der Waals surface area contributed by atoms with Gasteiger partial charge in [0, 0.05) is 23.6 Å². The highest BCUT2D eigenvalue weighted by Gasteiger charge is 2.33. The first-order chi connectivity index (χ1) is 15.8. The normalized spacial score (nSPS) is 12.9. The number of ether oxygens (including phenoxy) is 2. The van der Waals surface area contributed by atoms with Gasteiger partial charge in [-0.15, -0.1) is 0 Å². The molecular formula is C25H24F3NO5. The summed E-state index contributed by atoms with van der Waals surface area (Å²) < 4.78 is 50.8. The molecule has 0 radical (unpaired) electrons. The van der Waals surface area contributed by atoms with E-state index in [1.165, 1.54) is 16.8 Å². The SMILES string of the molecule is COC(=O)C(CC(=O)c1cccc(C(F)(F)F)c1)c1cn(C(=O)OC(C)(C)C)c2ccccc12. The molecule has 3 aromatic rings. The van der Waals surface area contributed by atoms with Crippen LogP contribution in [0.1, 0.15) is 54.6 Å². The van der Waals surface area contributed by atoms with Gasteiger partial charge in [-0.25, -0.2) is 4.79 Å². The molecule has 1 atom stereocenters. The van der Waals surface area contributed by atoms with Crippen LogP contribution in [0.15, 0.2) is 54.7 Å². The lowest BCUT2D eigenvalue weighted by Crippen LogP contribution is -2.26. The Morgan fingerprint density at radius 2 is 1.68 bits per heavy atom. The quantitative estimate of drug-likeness (QED) is 0.336. The van der Waals surface area contributed by atoms with Crippen molar-refractivity contribution in [2.24, 2.45) is 0 Å². The third kappa shape index (κ3) is 5.47. The van der Waals surface area contributed by atoms with Gasteiger partial charge in [-0.05, 0) is 44.5 Å². The minimum absolute atomic E-state index is 0.181. The number of esters is 1. The number of methoxy groups -OCH3 is 1. The number of rotatable bonds is 5. The summed E-state index contributed by atoms with van der Waals surface area (Å²) in [6.45, 7) is 5.13. The van der Waals surface area contributed by atoms with Gasteiger partial charge in [0.15, 0.2) is 5.78 Å². The summed E-state index contributed by atoms with van der Waals surface area (Å²) in [6.07, 6.45) is -4.34. The van der Waals surface area contributed by atoms with Gasteiger partial charge < -0.3 is 9.47 Å². The molecule has 0 fully saturated rings. The molecule has 0 amide bonds. The summed E-state index contributed by atoms with van der Waals surface area (Å²) >= 11 is 0. The van der Waals surface area contributed by atoms with E-state index in [0.29, 0.717) is 16.5 Å². The Hall–Kier alpha value is -3.62. The predicted molar refractivity (Wildman–Crippen MR) is 119 cm³/mol. The first-order valence-electron chi connectivity index (χ1n) is 10.4. The number of carbonyl (C=O) groups is 3. The molecule has 3 rings (SSSR count). The van der Waals surface area contributed by atoms with Crippen molar-refractivity contribution < 1.29 is 37.0 Å². The van der Waals surface area contributed by atoms with Crippen molar-refractivity contribution in [1.82, 2.24) is 4.57 Å². The standard InChI is InChI=1S/C25H24F3NO5/c1-24(2,3)34-23(32)29-14-19(17-10-5-6-11-20(17)29)18(22(31)33-4)13-21(30)15-8-7-9-16(12-15)25(26,27)28/h5-12,14,18H,13H2,1-4H3. The van der Waals surface area contributed by atoms with Gasteiger partial charge in [0.1, 0.15) is 5.60 Å². The number of Topliss-reactive ketones (excluding diaryl/α,β-unsaturated/α-hetero) is 1. The topological polar surface area (TPSA) is 74.6 Å². The number of alkyl halides is 3. The van der Waals surface area contributed by atoms with Crippen LogP contribution in [-0.4, -0.2) is 35.1 Å². The molecule has 9 heteroatoms. The Morgan fingerprint density at radius 1 is 1.00 bits per heavy atom. The van der Waals surface area contributed by atoms with Crippen molar-refractivity contribution in [3.63, 3.8) is 0 Å². The molecule has 6 nitrogen and oxygen atoms in total. The van der Waals surface area contributed by atoms with Gasteiger partial charge in [-0.3, -0.25) is 14.2 Å². The highest BCUT2D eigenvalue weighted by Crippen LogP contribution is 2.34. The second-order valence-electron chi connectivity index (χ2n) is 8.73. The van der Waals surface area contributed by atoms with Gasteiger partial charge in [0.2, 0.25) is 0 Å². The van der Waals surface area contributed by atoms with Gasteiger partial charge in [-0.1, -0.05) is 30.3 Å². The van der Waals surface area contributed by atoms with Crippen LogP contribution in [0.4, 0.5) is 18.0 Å². The lowest BCUT2D eigenvalue weighted by molar-refractivity contribution is -0.142. The molecule has 0 aliphatic rings. The van der Waals surface area contributed by atoms with Crippen LogP contribution >= 0.6 is 0 Å². The van der Waals surface area contributed by atoms with E-state index in [0.717, 1.165) is 25.3 Å². The van der Waals surface area contributed by atoms with E-state index in [4.69, 9.17) is 9.47 Å². The maximum Gasteiger partial charge on any atom is 0.419 e. The van der Waals surface area contributed by atoms with Crippen LogP contribution in [-0.2, 0) is 20.4 Å². The molecule has 0 spiro atoms. The van der Waals surface area contributed by atoms with Crippen molar-refractivity contribution in [3.05, 3.63) is 71.4 Å². The zero-order chi connectivity index (χ0) is 25.3. The van der Waals surface area contributed by atoms with Crippen LogP contribution in [0.25, 0.3) is 10.9 Å². The number of nitrogens with zero attached hydrogens (tertiary/aromatic N) is 1. The van der Waals surface area contributed by atoms with E-state index in [2.05, 4.69) is 0 Å². The summed E-state index contributed by atoms with van der Waals surface area (Å²) in [6, 6.07) is 10.8. The number of ketones is 1. The molecular weight excluding hydrogens is 451 g/mol. The van der Waals surface area contributed by atoms with Crippen LogP contribution in [0, 0.1) is 0 Å². The number of hydrogen-bond donors (Lipinski definition) is 0. The number of para-hydroxylation sites is 1. The molecule has 34 heavy (non-hydrogen) atoms. The molecule has 1 aromatic heterocycles. The van der Waals surface area contributed by atoms with E-state index in [-0.39, 0.29) is 5.56 Å². The summed E-state index contributed by atoms with van der Waals surface area (Å²) in [7, 11) is 1.15. The van der Waals surface area contributed by atoms with Crippen molar-refractivity contribution in [3.8, 4) is 0 Å². The average molecular weight is 475 g/mol. The Balaban J connectivity index is 2.04.